The van der Waals surface area contributed by atoms with Gasteiger partial charge in [-0.2, -0.15) is 5.10 Å². The van der Waals surface area contributed by atoms with Gasteiger partial charge in [0.25, 0.3) is 5.91 Å². The highest BCUT2D eigenvalue weighted by atomic mass is 16.4. The van der Waals surface area contributed by atoms with E-state index in [2.05, 4.69) is 17.3 Å². The smallest absolute Gasteiger partial charge is 0.303 e. The number of nitrogens with zero attached hydrogens (tertiary/aromatic N) is 2. The summed E-state index contributed by atoms with van der Waals surface area (Å²) in [6, 6.07) is 7.37. The Hall–Kier alpha value is -2.63. The summed E-state index contributed by atoms with van der Waals surface area (Å²) in [5.74, 6) is -0.857. The molecule has 1 aliphatic carbocycles. The molecule has 0 unspecified atom stereocenters. The molecular weight excluding hydrogens is 342 g/mol. The molecule has 0 spiro atoms. The molecule has 2 aromatic rings. The molecule has 6 nitrogen and oxygen atoms in total. The Balaban J connectivity index is 1.71. The van der Waals surface area contributed by atoms with Crippen molar-refractivity contribution in [3.63, 3.8) is 0 Å². The van der Waals surface area contributed by atoms with Crippen molar-refractivity contribution in [3.05, 3.63) is 46.8 Å². The number of carbonyl (C=O) groups excluding carboxylic acids is 1. The van der Waals surface area contributed by atoms with Crippen molar-refractivity contribution < 1.29 is 14.7 Å². The summed E-state index contributed by atoms with van der Waals surface area (Å²) in [6.45, 7) is 6.75. The second kappa shape index (κ2) is 7.55. The fraction of sp³-hybridized carbons (Fsp3) is 0.476. The second-order valence-electron chi connectivity index (χ2n) is 7.54. The first kappa shape index (κ1) is 19.1. The van der Waals surface area contributed by atoms with Gasteiger partial charge in [0, 0.05) is 24.2 Å². The van der Waals surface area contributed by atoms with Gasteiger partial charge in [0.2, 0.25) is 0 Å². The van der Waals surface area contributed by atoms with Crippen molar-refractivity contribution in [1.29, 1.82) is 0 Å². The van der Waals surface area contributed by atoms with Gasteiger partial charge in [0.05, 0.1) is 11.4 Å². The first-order valence-electron chi connectivity index (χ1n) is 9.51. The van der Waals surface area contributed by atoms with Gasteiger partial charge in [-0.25, -0.2) is 4.68 Å². The van der Waals surface area contributed by atoms with E-state index >= 15 is 0 Å². The number of amides is 1. The molecule has 1 aliphatic rings. The predicted molar refractivity (Wildman–Crippen MR) is 103 cm³/mol. The molecule has 0 aliphatic heterocycles. The fourth-order valence-corrected chi connectivity index (χ4v) is 3.48. The molecule has 1 aromatic carbocycles. The first-order valence-corrected chi connectivity index (χ1v) is 9.51. The molecule has 2 N–H and O–H groups in total. The monoisotopic (exact) mass is 369 g/mol. The highest BCUT2D eigenvalue weighted by Gasteiger charge is 2.40. The average Bonchev–Trinajstić information content (AvgIpc) is 3.38. The molecule has 1 aromatic heterocycles. The van der Waals surface area contributed by atoms with Gasteiger partial charge >= 0.3 is 5.97 Å². The van der Waals surface area contributed by atoms with E-state index in [0.717, 1.165) is 35.6 Å². The van der Waals surface area contributed by atoms with Crippen LogP contribution in [0.25, 0.3) is 5.69 Å². The fourth-order valence-electron chi connectivity index (χ4n) is 3.48. The first-order chi connectivity index (χ1) is 12.8. The second-order valence-corrected chi connectivity index (χ2v) is 7.54. The van der Waals surface area contributed by atoms with Crippen LogP contribution in [0.1, 0.15) is 59.9 Å². The number of aliphatic carboxylic acids is 1. The summed E-state index contributed by atoms with van der Waals surface area (Å²) < 4.78 is 1.81. The Morgan fingerprint density at radius 3 is 2.44 bits per heavy atom. The van der Waals surface area contributed by atoms with Crippen LogP contribution < -0.4 is 5.32 Å². The molecule has 1 saturated carbocycles. The van der Waals surface area contributed by atoms with Crippen LogP contribution in [0, 0.1) is 19.3 Å². The van der Waals surface area contributed by atoms with E-state index in [0.29, 0.717) is 17.4 Å². The summed E-state index contributed by atoms with van der Waals surface area (Å²) >= 11 is 0. The standard InChI is InChI=1S/C21H27N3O3/c1-4-21(11-12-21)13-22-20(27)16-5-7-17(8-6-16)24-15(3)18(14(2)23-24)9-10-19(25)26/h5-8H,4,9-13H2,1-3H3,(H,22,27)(H,25,26). The van der Waals surface area contributed by atoms with Crippen LogP contribution in [0.4, 0.5) is 0 Å². The third-order valence-electron chi connectivity index (χ3n) is 5.74. The lowest BCUT2D eigenvalue weighted by Gasteiger charge is -2.13. The minimum absolute atomic E-state index is 0.0446. The Bertz CT molecular complexity index is 848. The van der Waals surface area contributed by atoms with Crippen LogP contribution in [0.2, 0.25) is 0 Å². The van der Waals surface area contributed by atoms with Crippen LogP contribution in [-0.4, -0.2) is 33.3 Å². The van der Waals surface area contributed by atoms with E-state index in [4.69, 9.17) is 5.11 Å². The van der Waals surface area contributed by atoms with E-state index in [1.807, 2.05) is 42.8 Å². The maximum Gasteiger partial charge on any atom is 0.303 e. The number of carbonyl (C=O) groups is 2. The number of benzene rings is 1. The van der Waals surface area contributed by atoms with Crippen molar-refractivity contribution >= 4 is 11.9 Å². The lowest BCUT2D eigenvalue weighted by Crippen LogP contribution is -2.29. The molecule has 1 amide bonds. The Labute approximate surface area is 159 Å². The molecular formula is C21H27N3O3. The van der Waals surface area contributed by atoms with Gasteiger partial charge in [-0.15, -0.1) is 0 Å². The number of aryl methyl sites for hydroxylation is 1. The van der Waals surface area contributed by atoms with Crippen LogP contribution in [0.5, 0.6) is 0 Å². The van der Waals surface area contributed by atoms with Gasteiger partial charge in [-0.05, 0) is 74.8 Å². The predicted octanol–water partition coefficient (Wildman–Crippen LogP) is 3.43. The normalized spacial score (nSPS) is 14.8. The van der Waals surface area contributed by atoms with Crippen LogP contribution in [0.3, 0.4) is 0 Å². The van der Waals surface area contributed by atoms with Gasteiger partial charge in [-0.3, -0.25) is 9.59 Å². The Morgan fingerprint density at radius 1 is 1.22 bits per heavy atom. The van der Waals surface area contributed by atoms with Crippen LogP contribution >= 0.6 is 0 Å². The van der Waals surface area contributed by atoms with Gasteiger partial charge in [0.15, 0.2) is 0 Å². The van der Waals surface area contributed by atoms with Crippen molar-refractivity contribution in [1.82, 2.24) is 15.1 Å². The summed E-state index contributed by atoms with van der Waals surface area (Å²) in [6.07, 6.45) is 4.06. The molecule has 0 bridgehead atoms. The van der Waals surface area contributed by atoms with Crippen molar-refractivity contribution in [2.75, 3.05) is 6.54 Å². The van der Waals surface area contributed by atoms with E-state index in [9.17, 15) is 9.59 Å². The highest BCUT2D eigenvalue weighted by Crippen LogP contribution is 2.47. The maximum absolute atomic E-state index is 12.4. The number of rotatable bonds is 8. The molecule has 0 radical (unpaired) electrons. The minimum Gasteiger partial charge on any atom is -0.481 e. The van der Waals surface area contributed by atoms with Gasteiger partial charge < -0.3 is 10.4 Å². The van der Waals surface area contributed by atoms with E-state index in [1.54, 1.807) is 0 Å². The SMILES string of the molecule is CCC1(CNC(=O)c2ccc(-n3nc(C)c(CCC(=O)O)c3C)cc2)CC1. The summed E-state index contributed by atoms with van der Waals surface area (Å²) in [4.78, 5) is 23.2. The Kier molecular flexibility index (Phi) is 5.35. The zero-order valence-electron chi connectivity index (χ0n) is 16.2. The van der Waals surface area contributed by atoms with Crippen molar-refractivity contribution in [2.24, 2.45) is 5.41 Å². The van der Waals surface area contributed by atoms with Crippen molar-refractivity contribution in [3.8, 4) is 5.69 Å². The van der Waals surface area contributed by atoms with Crippen molar-refractivity contribution in [2.45, 2.75) is 52.9 Å². The lowest BCUT2D eigenvalue weighted by atomic mass is 10.0. The third-order valence-corrected chi connectivity index (χ3v) is 5.74. The largest absolute Gasteiger partial charge is 0.481 e. The number of hydrogen-bond acceptors (Lipinski definition) is 3. The molecule has 0 atom stereocenters. The van der Waals surface area contributed by atoms with Crippen LogP contribution in [-0.2, 0) is 11.2 Å². The molecule has 3 rings (SSSR count). The van der Waals surface area contributed by atoms with E-state index in [-0.39, 0.29) is 12.3 Å². The van der Waals surface area contributed by atoms with Gasteiger partial charge in [-0.1, -0.05) is 6.92 Å². The topological polar surface area (TPSA) is 84.2 Å². The van der Waals surface area contributed by atoms with Gasteiger partial charge in [0.1, 0.15) is 0 Å². The molecule has 6 heteroatoms. The zero-order valence-corrected chi connectivity index (χ0v) is 16.2. The van der Waals surface area contributed by atoms with Crippen LogP contribution in [0.15, 0.2) is 24.3 Å². The number of carboxylic acid groups (broad SMARTS) is 1. The minimum atomic E-state index is -0.812. The molecule has 1 heterocycles. The maximum atomic E-state index is 12.4. The average molecular weight is 369 g/mol. The summed E-state index contributed by atoms with van der Waals surface area (Å²) in [5, 5.41) is 16.5. The summed E-state index contributed by atoms with van der Waals surface area (Å²) in [7, 11) is 0. The third kappa shape index (κ3) is 4.21. The van der Waals surface area contributed by atoms with E-state index in [1.165, 1.54) is 12.8 Å². The number of nitrogens with one attached hydrogen (secondary N) is 1. The molecule has 27 heavy (non-hydrogen) atoms. The number of aromatic nitrogens is 2. The molecule has 144 valence electrons. The molecule has 1 fully saturated rings. The zero-order chi connectivity index (χ0) is 19.6. The summed E-state index contributed by atoms with van der Waals surface area (Å²) in [5.41, 5.74) is 4.56. The molecule has 0 saturated heterocycles. The van der Waals surface area contributed by atoms with E-state index < -0.39 is 5.97 Å². The number of hydrogen-bond donors (Lipinski definition) is 2. The highest BCUT2D eigenvalue weighted by molar-refractivity contribution is 5.94. The Morgan fingerprint density at radius 2 is 1.89 bits per heavy atom. The lowest BCUT2D eigenvalue weighted by molar-refractivity contribution is -0.136. The number of carboxylic acids is 1. The quantitative estimate of drug-likeness (QED) is 0.747.